The number of hydrogen-bond acceptors (Lipinski definition) is 4. The molecule has 41 heavy (non-hydrogen) atoms. The molecule has 1 heterocycles. The van der Waals surface area contributed by atoms with E-state index >= 15 is 0 Å². The third-order valence-electron chi connectivity index (χ3n) is 9.28. The normalized spacial score (nSPS) is 24.1. The van der Waals surface area contributed by atoms with Crippen LogP contribution in [-0.4, -0.2) is 30.9 Å². The highest BCUT2D eigenvalue weighted by Gasteiger charge is 2.23. The zero-order valence-corrected chi connectivity index (χ0v) is 27.7. The largest absolute Gasteiger partial charge is 0.490 e. The topological polar surface area (TPSA) is 65.0 Å². The first kappa shape index (κ1) is 35.3. The molecule has 1 aliphatic heterocycles. The molecule has 2 rings (SSSR count). The third-order valence-corrected chi connectivity index (χ3v) is 9.28. The summed E-state index contributed by atoms with van der Waals surface area (Å²) >= 11 is 0. The quantitative estimate of drug-likeness (QED) is 0.301. The van der Waals surface area contributed by atoms with Gasteiger partial charge < -0.3 is 19.3 Å². The lowest BCUT2D eigenvalue weighted by molar-refractivity contribution is 0.0695. The van der Waals surface area contributed by atoms with Crippen molar-refractivity contribution in [2.45, 2.75) is 126 Å². The Morgan fingerprint density at radius 3 is 2.22 bits per heavy atom. The Morgan fingerprint density at radius 1 is 0.878 bits per heavy atom. The molecule has 5 atom stereocenters. The van der Waals surface area contributed by atoms with Crippen LogP contribution in [0.1, 0.15) is 136 Å². The van der Waals surface area contributed by atoms with Crippen LogP contribution in [0.4, 0.5) is 0 Å². The molecule has 1 aromatic rings. The molecule has 236 valence electrons. The van der Waals surface area contributed by atoms with Crippen molar-refractivity contribution in [2.75, 3.05) is 19.8 Å². The van der Waals surface area contributed by atoms with Gasteiger partial charge in [-0.05, 0) is 79.2 Å². The van der Waals surface area contributed by atoms with Gasteiger partial charge in [-0.3, -0.25) is 0 Å². The van der Waals surface area contributed by atoms with E-state index in [9.17, 15) is 9.90 Å². The zero-order valence-electron chi connectivity index (χ0n) is 27.7. The van der Waals surface area contributed by atoms with E-state index in [1.807, 2.05) is 0 Å². The van der Waals surface area contributed by atoms with E-state index in [-0.39, 0.29) is 5.56 Å². The minimum atomic E-state index is -0.984. The van der Waals surface area contributed by atoms with Crippen molar-refractivity contribution in [2.24, 2.45) is 41.4 Å². The van der Waals surface area contributed by atoms with Crippen LogP contribution in [0.15, 0.2) is 12.1 Å². The molecule has 0 spiro atoms. The van der Waals surface area contributed by atoms with Crippen molar-refractivity contribution in [1.82, 2.24) is 0 Å². The first-order valence-electron chi connectivity index (χ1n) is 16.8. The number of fused-ring (bicyclic) bond motifs is 1. The summed E-state index contributed by atoms with van der Waals surface area (Å²) in [5, 5.41) is 9.83. The van der Waals surface area contributed by atoms with Crippen molar-refractivity contribution in [1.29, 1.82) is 0 Å². The van der Waals surface area contributed by atoms with Gasteiger partial charge in [0, 0.05) is 0 Å². The first-order chi connectivity index (χ1) is 19.5. The van der Waals surface area contributed by atoms with E-state index in [1.54, 1.807) is 12.1 Å². The molecule has 0 fully saturated rings. The summed E-state index contributed by atoms with van der Waals surface area (Å²) in [7, 11) is 0. The molecule has 0 saturated carbocycles. The van der Waals surface area contributed by atoms with Crippen molar-refractivity contribution in [3.63, 3.8) is 0 Å². The second-order valence-electron chi connectivity index (χ2n) is 14.1. The van der Waals surface area contributed by atoms with Crippen molar-refractivity contribution in [3.05, 3.63) is 17.7 Å². The van der Waals surface area contributed by atoms with Gasteiger partial charge in [0.05, 0.1) is 25.4 Å². The Balaban J connectivity index is 2.20. The maximum atomic E-state index is 12.0. The number of aromatic carboxylic acids is 1. The highest BCUT2D eigenvalue weighted by atomic mass is 16.5. The Hall–Kier alpha value is -1.91. The van der Waals surface area contributed by atoms with Crippen LogP contribution in [0.5, 0.6) is 17.2 Å². The minimum absolute atomic E-state index is 0.174. The van der Waals surface area contributed by atoms with Crippen molar-refractivity contribution in [3.8, 4) is 17.2 Å². The summed E-state index contributed by atoms with van der Waals surface area (Å²) < 4.78 is 18.9. The lowest BCUT2D eigenvalue weighted by atomic mass is 9.77. The van der Waals surface area contributed by atoms with Crippen LogP contribution >= 0.6 is 0 Å². The standard InChI is InChI=1S/C36H62O5/c1-25(2)11-9-12-27(5)17-20-39-33-23-31(36(37)38)24-34-35(33)41-22-19-29(7)15-16-32(26(3)4)30(8)14-10-13-28(6)18-21-40-34/h23-30,32H,9-22H2,1-8H3,(H,37,38). The lowest BCUT2D eigenvalue weighted by Crippen LogP contribution is -2.19. The Labute approximate surface area is 252 Å². The molecule has 0 aromatic heterocycles. The van der Waals surface area contributed by atoms with Gasteiger partial charge in [-0.15, -0.1) is 0 Å². The van der Waals surface area contributed by atoms with Crippen LogP contribution in [0.25, 0.3) is 0 Å². The molecule has 0 amide bonds. The van der Waals surface area contributed by atoms with Crippen LogP contribution in [0, 0.1) is 41.4 Å². The maximum Gasteiger partial charge on any atom is 0.335 e. The van der Waals surface area contributed by atoms with Gasteiger partial charge in [-0.25, -0.2) is 4.79 Å². The Morgan fingerprint density at radius 2 is 1.56 bits per heavy atom. The average Bonchev–Trinajstić information content (AvgIpc) is 2.89. The van der Waals surface area contributed by atoms with Gasteiger partial charge in [-0.2, -0.15) is 0 Å². The summed E-state index contributed by atoms with van der Waals surface area (Å²) in [6.07, 6.45) is 12.7. The number of rotatable bonds is 10. The Kier molecular flexibility index (Phi) is 16.0. The van der Waals surface area contributed by atoms with Crippen LogP contribution in [0.3, 0.4) is 0 Å². The molecular formula is C36H62O5. The van der Waals surface area contributed by atoms with Crippen molar-refractivity contribution >= 4 is 5.97 Å². The van der Waals surface area contributed by atoms with Crippen LogP contribution < -0.4 is 14.2 Å². The lowest BCUT2D eigenvalue weighted by Gasteiger charge is -2.29. The first-order valence-corrected chi connectivity index (χ1v) is 16.8. The molecule has 1 aliphatic rings. The van der Waals surface area contributed by atoms with E-state index < -0.39 is 5.97 Å². The fourth-order valence-corrected chi connectivity index (χ4v) is 6.22. The van der Waals surface area contributed by atoms with Gasteiger partial charge in [0.25, 0.3) is 0 Å². The molecule has 5 heteroatoms. The SMILES string of the molecule is CC(C)CCCC(C)CCOc1cc(C(=O)O)cc2c1OCCC(C)CCC(C(C)C)C(C)CCCC(C)CCO2. The third kappa shape index (κ3) is 13.3. The fourth-order valence-electron chi connectivity index (χ4n) is 6.22. The minimum Gasteiger partial charge on any atom is -0.490 e. The van der Waals surface area contributed by atoms with Gasteiger partial charge in [0.15, 0.2) is 11.5 Å². The monoisotopic (exact) mass is 574 g/mol. The van der Waals surface area contributed by atoms with Gasteiger partial charge in [0.1, 0.15) is 0 Å². The Bertz CT molecular complexity index is 879. The van der Waals surface area contributed by atoms with Crippen LogP contribution in [0.2, 0.25) is 0 Å². The highest BCUT2D eigenvalue weighted by molar-refractivity contribution is 5.89. The molecule has 0 saturated heterocycles. The molecule has 0 aliphatic carbocycles. The average molecular weight is 575 g/mol. The molecular weight excluding hydrogens is 512 g/mol. The molecule has 5 nitrogen and oxygen atoms in total. The summed E-state index contributed by atoms with van der Waals surface area (Å²) in [4.78, 5) is 12.0. The van der Waals surface area contributed by atoms with E-state index in [0.717, 1.165) is 37.0 Å². The number of benzene rings is 1. The predicted octanol–water partition coefficient (Wildman–Crippen LogP) is 10.3. The zero-order chi connectivity index (χ0) is 30.4. The second-order valence-corrected chi connectivity index (χ2v) is 14.1. The fraction of sp³-hybridized carbons (Fsp3) is 0.806. The highest BCUT2D eigenvalue weighted by Crippen LogP contribution is 2.40. The summed E-state index contributed by atoms with van der Waals surface area (Å²) in [6.45, 7) is 20.3. The number of carboxylic acids is 1. The van der Waals surface area contributed by atoms with Crippen molar-refractivity contribution < 1.29 is 24.1 Å². The molecule has 0 radical (unpaired) electrons. The van der Waals surface area contributed by atoms with E-state index in [0.29, 0.717) is 60.7 Å². The second kappa shape index (κ2) is 18.6. The van der Waals surface area contributed by atoms with Gasteiger partial charge in [0.2, 0.25) is 5.75 Å². The van der Waals surface area contributed by atoms with Crippen LogP contribution in [-0.2, 0) is 0 Å². The smallest absolute Gasteiger partial charge is 0.335 e. The summed E-state index contributed by atoms with van der Waals surface area (Å²) in [6, 6.07) is 3.22. The number of carbonyl (C=O) groups is 1. The molecule has 1 N–H and O–H groups in total. The van der Waals surface area contributed by atoms with E-state index in [2.05, 4.69) is 55.4 Å². The summed E-state index contributed by atoms with van der Waals surface area (Å²) in [5.74, 6) is 5.14. The van der Waals surface area contributed by atoms with Gasteiger partial charge in [-0.1, -0.05) is 100 Å². The molecule has 5 unspecified atom stereocenters. The predicted molar refractivity (Wildman–Crippen MR) is 170 cm³/mol. The number of carboxylic acid groups (broad SMARTS) is 1. The number of hydrogen-bond donors (Lipinski definition) is 1. The van der Waals surface area contributed by atoms with E-state index in [1.165, 1.54) is 51.4 Å². The maximum absolute atomic E-state index is 12.0. The van der Waals surface area contributed by atoms with Gasteiger partial charge >= 0.3 is 5.97 Å². The molecule has 1 aromatic carbocycles. The number of ether oxygens (including phenoxy) is 3. The summed E-state index contributed by atoms with van der Waals surface area (Å²) in [5.41, 5.74) is 0.174. The molecule has 0 bridgehead atoms. The van der Waals surface area contributed by atoms with E-state index in [4.69, 9.17) is 14.2 Å².